The number of carbonyl (C=O) groups excluding carboxylic acids is 2. The van der Waals surface area contributed by atoms with Crippen molar-refractivity contribution in [2.24, 2.45) is 0 Å². The van der Waals surface area contributed by atoms with Crippen molar-refractivity contribution in [3.63, 3.8) is 0 Å². The Morgan fingerprint density at radius 3 is 2.48 bits per heavy atom. The van der Waals surface area contributed by atoms with Gasteiger partial charge in [-0.25, -0.2) is 9.18 Å². The van der Waals surface area contributed by atoms with Gasteiger partial charge in [0.1, 0.15) is 5.82 Å². The molecule has 2 aromatic rings. The molecule has 0 fully saturated rings. The second-order valence-corrected chi connectivity index (χ2v) is 5.78. The maximum absolute atomic E-state index is 12.8. The highest BCUT2D eigenvalue weighted by atomic mass is 19.1. The maximum Gasteiger partial charge on any atom is 0.331 e. The molecule has 0 aromatic heterocycles. The summed E-state index contributed by atoms with van der Waals surface area (Å²) in [4.78, 5) is 23.6. The van der Waals surface area contributed by atoms with Crippen LogP contribution in [0.3, 0.4) is 0 Å². The average molecular weight is 341 g/mol. The quantitative estimate of drug-likeness (QED) is 0.634. The van der Waals surface area contributed by atoms with Gasteiger partial charge in [0.2, 0.25) is 0 Å². The lowest BCUT2D eigenvalue weighted by molar-refractivity contribution is -0.142. The number of ether oxygens (including phenoxy) is 1. The number of amides is 1. The average Bonchev–Trinajstić information content (AvgIpc) is 2.59. The van der Waals surface area contributed by atoms with Gasteiger partial charge in [0.05, 0.1) is 0 Å². The van der Waals surface area contributed by atoms with Gasteiger partial charge in [-0.2, -0.15) is 0 Å². The molecule has 0 heterocycles. The lowest BCUT2D eigenvalue weighted by Gasteiger charge is -2.13. The van der Waals surface area contributed by atoms with Crippen LogP contribution in [0.1, 0.15) is 30.9 Å². The first-order chi connectivity index (χ1) is 12.0. The number of benzene rings is 2. The van der Waals surface area contributed by atoms with Crippen LogP contribution in [0.2, 0.25) is 0 Å². The van der Waals surface area contributed by atoms with Crippen LogP contribution in [-0.4, -0.2) is 18.5 Å². The number of halogens is 1. The first-order valence-corrected chi connectivity index (χ1v) is 7.95. The Kier molecular flexibility index (Phi) is 6.46. The van der Waals surface area contributed by atoms with Gasteiger partial charge in [0, 0.05) is 11.8 Å². The molecule has 0 unspecified atom stereocenters. The molecule has 4 nitrogen and oxygen atoms in total. The minimum atomic E-state index is -0.642. The van der Waals surface area contributed by atoms with E-state index in [0.717, 1.165) is 5.56 Å². The van der Waals surface area contributed by atoms with Gasteiger partial charge in [0.15, 0.2) is 6.61 Å². The van der Waals surface area contributed by atoms with Crippen molar-refractivity contribution in [3.05, 3.63) is 71.6 Å². The highest BCUT2D eigenvalue weighted by Gasteiger charge is 2.10. The predicted octanol–water partition coefficient (Wildman–Crippen LogP) is 4.14. The van der Waals surface area contributed by atoms with Crippen molar-refractivity contribution in [2.75, 3.05) is 11.9 Å². The third-order valence-electron chi connectivity index (χ3n) is 3.48. The maximum atomic E-state index is 12.8. The molecule has 1 N–H and O–H groups in total. The normalized spacial score (nSPS) is 10.9. The highest BCUT2D eigenvalue weighted by molar-refractivity contribution is 5.95. The highest BCUT2D eigenvalue weighted by Crippen LogP contribution is 2.23. The van der Waals surface area contributed by atoms with Crippen LogP contribution in [0.5, 0.6) is 0 Å². The number of para-hydroxylation sites is 1. The van der Waals surface area contributed by atoms with E-state index in [-0.39, 0.29) is 18.3 Å². The standard InChI is InChI=1S/C20H20FNO3/c1-14(2)17-5-3-4-6-18(17)22-19(23)13-25-20(24)12-9-15-7-10-16(21)11-8-15/h3-12,14H,13H2,1-2H3,(H,22,23)/b12-9+. The lowest BCUT2D eigenvalue weighted by atomic mass is 10.0. The van der Waals surface area contributed by atoms with Crippen molar-refractivity contribution >= 4 is 23.6 Å². The van der Waals surface area contributed by atoms with Crippen LogP contribution in [0.4, 0.5) is 10.1 Å². The van der Waals surface area contributed by atoms with Crippen LogP contribution >= 0.6 is 0 Å². The van der Waals surface area contributed by atoms with Crippen LogP contribution in [0.15, 0.2) is 54.6 Å². The monoisotopic (exact) mass is 341 g/mol. The second-order valence-electron chi connectivity index (χ2n) is 5.78. The van der Waals surface area contributed by atoms with Gasteiger partial charge in [-0.3, -0.25) is 4.79 Å². The molecule has 0 aliphatic rings. The molecular weight excluding hydrogens is 321 g/mol. The topological polar surface area (TPSA) is 55.4 Å². The van der Waals surface area contributed by atoms with E-state index in [1.807, 2.05) is 38.1 Å². The molecule has 2 aromatic carbocycles. The van der Waals surface area contributed by atoms with E-state index >= 15 is 0 Å². The molecule has 2 rings (SSSR count). The third-order valence-corrected chi connectivity index (χ3v) is 3.48. The van der Waals surface area contributed by atoms with Gasteiger partial charge in [-0.05, 0) is 41.3 Å². The molecule has 0 radical (unpaired) electrons. The lowest BCUT2D eigenvalue weighted by Crippen LogP contribution is -2.21. The zero-order valence-corrected chi connectivity index (χ0v) is 14.2. The Morgan fingerprint density at radius 1 is 1.12 bits per heavy atom. The summed E-state index contributed by atoms with van der Waals surface area (Å²) >= 11 is 0. The first-order valence-electron chi connectivity index (χ1n) is 7.95. The van der Waals surface area contributed by atoms with E-state index in [4.69, 9.17) is 4.74 Å². The van der Waals surface area contributed by atoms with E-state index in [0.29, 0.717) is 11.3 Å². The van der Waals surface area contributed by atoms with Crippen LogP contribution < -0.4 is 5.32 Å². The predicted molar refractivity (Wildman–Crippen MR) is 95.6 cm³/mol. The number of hydrogen-bond donors (Lipinski definition) is 1. The molecule has 5 heteroatoms. The number of rotatable bonds is 6. The first kappa shape index (κ1) is 18.4. The SMILES string of the molecule is CC(C)c1ccccc1NC(=O)COC(=O)/C=C/c1ccc(F)cc1. The third kappa shape index (κ3) is 5.88. The van der Waals surface area contributed by atoms with Crippen molar-refractivity contribution in [3.8, 4) is 0 Å². The number of nitrogens with one attached hydrogen (secondary N) is 1. The summed E-state index contributed by atoms with van der Waals surface area (Å²) in [5.74, 6) is -1.14. The van der Waals surface area contributed by atoms with Crippen LogP contribution in [-0.2, 0) is 14.3 Å². The Hall–Kier alpha value is -2.95. The van der Waals surface area contributed by atoms with E-state index in [1.54, 1.807) is 0 Å². The number of esters is 1. The Morgan fingerprint density at radius 2 is 1.80 bits per heavy atom. The van der Waals surface area contributed by atoms with Crippen LogP contribution in [0.25, 0.3) is 6.08 Å². The van der Waals surface area contributed by atoms with E-state index in [1.165, 1.54) is 36.4 Å². The summed E-state index contributed by atoms with van der Waals surface area (Å²) in [6.45, 7) is 3.69. The van der Waals surface area contributed by atoms with Crippen LogP contribution in [0, 0.1) is 5.82 Å². The molecule has 1 amide bonds. The summed E-state index contributed by atoms with van der Waals surface area (Å²) < 4.78 is 17.7. The molecule has 0 saturated heterocycles. The van der Waals surface area contributed by atoms with Gasteiger partial charge < -0.3 is 10.1 Å². The van der Waals surface area contributed by atoms with E-state index < -0.39 is 11.9 Å². The number of hydrogen-bond acceptors (Lipinski definition) is 3. The summed E-state index contributed by atoms with van der Waals surface area (Å²) in [6, 6.07) is 13.2. The molecule has 25 heavy (non-hydrogen) atoms. The second kappa shape index (κ2) is 8.78. The summed E-state index contributed by atoms with van der Waals surface area (Å²) in [6.07, 6.45) is 2.69. The Bertz CT molecular complexity index is 767. The number of carbonyl (C=O) groups is 2. The molecule has 0 spiro atoms. The molecule has 130 valence electrons. The van der Waals surface area contributed by atoms with Crippen molar-refractivity contribution in [2.45, 2.75) is 19.8 Å². The molecule has 0 aliphatic carbocycles. The molecule has 0 aliphatic heterocycles. The van der Waals surface area contributed by atoms with E-state index in [9.17, 15) is 14.0 Å². The number of anilines is 1. The summed E-state index contributed by atoms with van der Waals surface area (Å²) in [5.41, 5.74) is 2.38. The Labute approximate surface area is 146 Å². The smallest absolute Gasteiger partial charge is 0.331 e. The van der Waals surface area contributed by atoms with Crippen molar-refractivity contribution in [1.29, 1.82) is 0 Å². The fraction of sp³-hybridized carbons (Fsp3) is 0.200. The zero-order valence-electron chi connectivity index (χ0n) is 14.2. The van der Waals surface area contributed by atoms with Crippen molar-refractivity contribution < 1.29 is 18.7 Å². The minimum absolute atomic E-state index is 0.262. The van der Waals surface area contributed by atoms with Gasteiger partial charge in [0.25, 0.3) is 5.91 Å². The van der Waals surface area contributed by atoms with Crippen molar-refractivity contribution in [1.82, 2.24) is 0 Å². The summed E-state index contributed by atoms with van der Waals surface area (Å²) in [5, 5.41) is 2.75. The minimum Gasteiger partial charge on any atom is -0.452 e. The van der Waals surface area contributed by atoms with E-state index in [2.05, 4.69) is 5.32 Å². The molecule has 0 saturated carbocycles. The summed E-state index contributed by atoms with van der Waals surface area (Å²) in [7, 11) is 0. The largest absolute Gasteiger partial charge is 0.452 e. The zero-order chi connectivity index (χ0) is 18.2. The molecular formula is C20H20FNO3. The molecule has 0 bridgehead atoms. The molecule has 0 atom stereocenters. The van der Waals surface area contributed by atoms with Gasteiger partial charge >= 0.3 is 5.97 Å². The Balaban J connectivity index is 1.85. The van der Waals surface area contributed by atoms with Gasteiger partial charge in [-0.1, -0.05) is 44.2 Å². The van der Waals surface area contributed by atoms with Gasteiger partial charge in [-0.15, -0.1) is 0 Å². The fourth-order valence-electron chi connectivity index (χ4n) is 2.22. The fourth-order valence-corrected chi connectivity index (χ4v) is 2.22.